The molecule has 1 heterocycles. The minimum Gasteiger partial charge on any atom is -0.494 e. The van der Waals surface area contributed by atoms with Gasteiger partial charge in [0.25, 0.3) is 5.91 Å². The number of nitrogens with zero attached hydrogens (tertiary/aromatic N) is 1. The number of rotatable bonds is 5. The molecule has 0 bridgehead atoms. The maximum Gasteiger partial charge on any atom is 0.251 e. The summed E-state index contributed by atoms with van der Waals surface area (Å²) >= 11 is 0. The second kappa shape index (κ2) is 6.70. The number of pyridine rings is 1. The monoisotopic (exact) mass is 270 g/mol. The van der Waals surface area contributed by atoms with Crippen LogP contribution >= 0.6 is 0 Å². The Morgan fingerprint density at radius 1 is 1.25 bits per heavy atom. The Hall–Kier alpha value is -2.36. The van der Waals surface area contributed by atoms with Gasteiger partial charge in [-0.3, -0.25) is 9.78 Å². The van der Waals surface area contributed by atoms with E-state index in [1.54, 1.807) is 30.5 Å². The van der Waals surface area contributed by atoms with Crippen LogP contribution in [0.5, 0.6) is 5.75 Å². The van der Waals surface area contributed by atoms with Crippen molar-refractivity contribution < 1.29 is 9.53 Å². The van der Waals surface area contributed by atoms with Crippen LogP contribution in [0.3, 0.4) is 0 Å². The number of aromatic nitrogens is 1. The lowest BCUT2D eigenvalue weighted by Gasteiger charge is -2.13. The molecule has 0 fully saturated rings. The molecule has 0 aliphatic heterocycles. The van der Waals surface area contributed by atoms with Gasteiger partial charge in [-0.2, -0.15) is 0 Å². The Labute approximate surface area is 118 Å². The van der Waals surface area contributed by atoms with E-state index in [1.807, 2.05) is 32.0 Å². The standard InChI is InChI=1S/C16H18N2O2/c1-3-20-14-9-7-13(8-10-14)16(19)18-12(2)15-6-4-5-11-17-15/h4-12H,3H2,1-2H3,(H,18,19). The summed E-state index contributed by atoms with van der Waals surface area (Å²) in [6, 6.07) is 12.6. The van der Waals surface area contributed by atoms with Crippen molar-refractivity contribution in [2.24, 2.45) is 0 Å². The van der Waals surface area contributed by atoms with E-state index in [-0.39, 0.29) is 11.9 Å². The van der Waals surface area contributed by atoms with Crippen LogP contribution in [-0.2, 0) is 0 Å². The highest BCUT2D eigenvalue weighted by Gasteiger charge is 2.12. The largest absolute Gasteiger partial charge is 0.494 e. The third kappa shape index (κ3) is 3.57. The summed E-state index contributed by atoms with van der Waals surface area (Å²) in [6.45, 7) is 4.45. The predicted molar refractivity (Wildman–Crippen MR) is 77.7 cm³/mol. The lowest BCUT2D eigenvalue weighted by atomic mass is 10.1. The topological polar surface area (TPSA) is 51.2 Å². The first-order chi connectivity index (χ1) is 9.70. The average molecular weight is 270 g/mol. The summed E-state index contributed by atoms with van der Waals surface area (Å²) < 4.78 is 5.35. The molecule has 4 nitrogen and oxygen atoms in total. The molecule has 1 aromatic heterocycles. The molecule has 1 N–H and O–H groups in total. The summed E-state index contributed by atoms with van der Waals surface area (Å²) in [5.74, 6) is 0.646. The minimum absolute atomic E-state index is 0.119. The van der Waals surface area contributed by atoms with Gasteiger partial charge in [-0.15, -0.1) is 0 Å². The Morgan fingerprint density at radius 2 is 2.00 bits per heavy atom. The maximum atomic E-state index is 12.1. The van der Waals surface area contributed by atoms with E-state index in [0.717, 1.165) is 11.4 Å². The zero-order valence-corrected chi connectivity index (χ0v) is 11.7. The molecule has 20 heavy (non-hydrogen) atoms. The number of carbonyl (C=O) groups excluding carboxylic acids is 1. The Balaban J connectivity index is 2.01. The molecule has 0 saturated heterocycles. The van der Waals surface area contributed by atoms with Gasteiger partial charge in [0.15, 0.2) is 0 Å². The average Bonchev–Trinajstić information content (AvgIpc) is 2.49. The fraction of sp³-hybridized carbons (Fsp3) is 0.250. The highest BCUT2D eigenvalue weighted by atomic mass is 16.5. The molecule has 1 aromatic carbocycles. The van der Waals surface area contributed by atoms with Gasteiger partial charge >= 0.3 is 0 Å². The van der Waals surface area contributed by atoms with Crippen LogP contribution in [0.2, 0.25) is 0 Å². The van der Waals surface area contributed by atoms with Gasteiger partial charge in [0.2, 0.25) is 0 Å². The molecular formula is C16H18N2O2. The van der Waals surface area contributed by atoms with E-state index < -0.39 is 0 Å². The van der Waals surface area contributed by atoms with Crippen LogP contribution < -0.4 is 10.1 Å². The Kier molecular flexibility index (Phi) is 4.71. The molecule has 0 radical (unpaired) electrons. The molecule has 1 amide bonds. The lowest BCUT2D eigenvalue weighted by Crippen LogP contribution is -2.27. The highest BCUT2D eigenvalue weighted by Crippen LogP contribution is 2.14. The van der Waals surface area contributed by atoms with E-state index in [4.69, 9.17) is 4.74 Å². The number of hydrogen-bond donors (Lipinski definition) is 1. The normalized spacial score (nSPS) is 11.7. The van der Waals surface area contributed by atoms with Gasteiger partial charge in [-0.1, -0.05) is 6.07 Å². The van der Waals surface area contributed by atoms with Crippen molar-refractivity contribution >= 4 is 5.91 Å². The van der Waals surface area contributed by atoms with E-state index >= 15 is 0 Å². The maximum absolute atomic E-state index is 12.1. The number of benzene rings is 1. The smallest absolute Gasteiger partial charge is 0.251 e. The number of nitrogens with one attached hydrogen (secondary N) is 1. The van der Waals surface area contributed by atoms with Crippen molar-refractivity contribution in [2.75, 3.05) is 6.61 Å². The number of amides is 1. The third-order valence-corrected chi connectivity index (χ3v) is 2.91. The summed E-state index contributed by atoms with van der Waals surface area (Å²) in [5.41, 5.74) is 1.45. The fourth-order valence-electron chi connectivity index (χ4n) is 1.86. The van der Waals surface area contributed by atoms with Crippen molar-refractivity contribution in [1.29, 1.82) is 0 Å². The first-order valence-electron chi connectivity index (χ1n) is 6.65. The van der Waals surface area contributed by atoms with Gasteiger partial charge < -0.3 is 10.1 Å². The molecule has 104 valence electrons. The number of hydrogen-bond acceptors (Lipinski definition) is 3. The van der Waals surface area contributed by atoms with Crippen molar-refractivity contribution in [3.05, 3.63) is 59.9 Å². The van der Waals surface area contributed by atoms with Crippen LogP contribution in [0.4, 0.5) is 0 Å². The SMILES string of the molecule is CCOc1ccc(C(=O)NC(C)c2ccccn2)cc1. The van der Waals surface area contributed by atoms with E-state index in [9.17, 15) is 4.79 Å². The van der Waals surface area contributed by atoms with Crippen molar-refractivity contribution in [3.8, 4) is 5.75 Å². The molecule has 0 spiro atoms. The second-order valence-corrected chi connectivity index (χ2v) is 4.41. The Bertz CT molecular complexity index is 552. The molecule has 2 rings (SSSR count). The van der Waals surface area contributed by atoms with E-state index in [0.29, 0.717) is 12.2 Å². The zero-order valence-electron chi connectivity index (χ0n) is 11.7. The van der Waals surface area contributed by atoms with Crippen molar-refractivity contribution in [3.63, 3.8) is 0 Å². The molecule has 1 unspecified atom stereocenters. The fourth-order valence-corrected chi connectivity index (χ4v) is 1.86. The summed E-state index contributed by atoms with van der Waals surface area (Å²) in [4.78, 5) is 16.3. The van der Waals surface area contributed by atoms with Crippen LogP contribution in [0.25, 0.3) is 0 Å². The van der Waals surface area contributed by atoms with Gasteiger partial charge in [0.05, 0.1) is 18.3 Å². The summed E-state index contributed by atoms with van der Waals surface area (Å²) in [6.07, 6.45) is 1.72. The molecule has 2 aromatic rings. The van der Waals surface area contributed by atoms with Crippen LogP contribution in [0.15, 0.2) is 48.7 Å². The first-order valence-corrected chi connectivity index (χ1v) is 6.65. The third-order valence-electron chi connectivity index (χ3n) is 2.91. The first kappa shape index (κ1) is 14.1. The molecule has 0 saturated carbocycles. The molecular weight excluding hydrogens is 252 g/mol. The van der Waals surface area contributed by atoms with Crippen LogP contribution in [0, 0.1) is 0 Å². The Morgan fingerprint density at radius 3 is 2.60 bits per heavy atom. The van der Waals surface area contributed by atoms with Gasteiger partial charge in [0, 0.05) is 11.8 Å². The summed E-state index contributed by atoms with van der Waals surface area (Å²) in [5, 5.41) is 2.92. The highest BCUT2D eigenvalue weighted by molar-refractivity contribution is 5.94. The van der Waals surface area contributed by atoms with Gasteiger partial charge in [0.1, 0.15) is 5.75 Å². The lowest BCUT2D eigenvalue weighted by molar-refractivity contribution is 0.0939. The van der Waals surface area contributed by atoms with Crippen molar-refractivity contribution in [2.45, 2.75) is 19.9 Å². The quantitative estimate of drug-likeness (QED) is 0.908. The van der Waals surface area contributed by atoms with E-state index in [2.05, 4.69) is 10.3 Å². The van der Waals surface area contributed by atoms with Crippen molar-refractivity contribution in [1.82, 2.24) is 10.3 Å². The predicted octanol–water partition coefficient (Wildman–Crippen LogP) is 2.97. The molecule has 0 aliphatic carbocycles. The van der Waals surface area contributed by atoms with Crippen LogP contribution in [0.1, 0.15) is 35.9 Å². The van der Waals surface area contributed by atoms with Gasteiger partial charge in [-0.05, 0) is 50.2 Å². The summed E-state index contributed by atoms with van der Waals surface area (Å²) in [7, 11) is 0. The minimum atomic E-state index is -0.129. The zero-order chi connectivity index (χ0) is 14.4. The number of carbonyl (C=O) groups is 1. The molecule has 1 atom stereocenters. The molecule has 4 heteroatoms. The number of ether oxygens (including phenoxy) is 1. The van der Waals surface area contributed by atoms with E-state index in [1.165, 1.54) is 0 Å². The van der Waals surface area contributed by atoms with Crippen LogP contribution in [-0.4, -0.2) is 17.5 Å². The molecule has 0 aliphatic rings. The second-order valence-electron chi connectivity index (χ2n) is 4.41. The van der Waals surface area contributed by atoms with Gasteiger partial charge in [-0.25, -0.2) is 0 Å².